The number of carbonyl (C=O) groups excluding carboxylic acids is 1. The molecule has 1 saturated heterocycles. The minimum absolute atomic E-state index is 0.0236. The first kappa shape index (κ1) is 8.97. The van der Waals surface area contributed by atoms with Crippen molar-refractivity contribution in [3.05, 3.63) is 0 Å². The molecular weight excluding hydrogens is 168 g/mol. The topological polar surface area (TPSA) is 52.6 Å². The third kappa shape index (κ3) is 1.56. The molecule has 0 aromatic rings. The Labute approximate surface area is 77.9 Å². The third-order valence-corrected chi connectivity index (χ3v) is 3.01. The number of aliphatic hydroxyl groups excluding tert-OH is 1. The largest absolute Gasteiger partial charge is 0.395 e. The van der Waals surface area contributed by atoms with Gasteiger partial charge in [-0.1, -0.05) is 0 Å². The van der Waals surface area contributed by atoms with Crippen molar-refractivity contribution < 1.29 is 9.90 Å². The minimum atomic E-state index is -0.378. The summed E-state index contributed by atoms with van der Waals surface area (Å²) in [4.78, 5) is 13.7. The summed E-state index contributed by atoms with van der Waals surface area (Å²) in [7, 11) is 0. The van der Waals surface area contributed by atoms with E-state index in [1.54, 1.807) is 0 Å². The lowest BCUT2D eigenvalue weighted by Gasteiger charge is -2.30. The molecule has 13 heavy (non-hydrogen) atoms. The Morgan fingerprint density at radius 1 is 1.38 bits per heavy atom. The maximum Gasteiger partial charge on any atom is 0.231 e. The molecule has 2 N–H and O–H groups in total. The van der Waals surface area contributed by atoms with Crippen LogP contribution in [0.2, 0.25) is 0 Å². The molecule has 0 radical (unpaired) electrons. The summed E-state index contributed by atoms with van der Waals surface area (Å²) >= 11 is 0. The van der Waals surface area contributed by atoms with Crippen LogP contribution in [0.3, 0.4) is 0 Å². The van der Waals surface area contributed by atoms with Crippen molar-refractivity contribution in [3.63, 3.8) is 0 Å². The van der Waals surface area contributed by atoms with Crippen LogP contribution in [0.1, 0.15) is 12.8 Å². The lowest BCUT2D eigenvalue weighted by Crippen LogP contribution is -2.49. The number of piperazine rings is 1. The zero-order chi connectivity index (χ0) is 9.31. The molecule has 1 amide bonds. The number of aliphatic hydroxyl groups is 1. The highest BCUT2D eigenvalue weighted by atomic mass is 16.3. The molecule has 4 nitrogen and oxygen atoms in total. The molecule has 0 unspecified atom stereocenters. The summed E-state index contributed by atoms with van der Waals surface area (Å²) in [5.41, 5.74) is -0.378. The van der Waals surface area contributed by atoms with Gasteiger partial charge in [0.15, 0.2) is 0 Å². The zero-order valence-corrected chi connectivity index (χ0v) is 7.75. The number of hydrogen-bond acceptors (Lipinski definition) is 3. The third-order valence-electron chi connectivity index (χ3n) is 3.01. The van der Waals surface area contributed by atoms with E-state index >= 15 is 0 Å². The van der Waals surface area contributed by atoms with Gasteiger partial charge in [-0.2, -0.15) is 0 Å². The Bertz CT molecular complexity index is 208. The van der Waals surface area contributed by atoms with Crippen LogP contribution in [0.5, 0.6) is 0 Å². The van der Waals surface area contributed by atoms with Crippen molar-refractivity contribution in [1.29, 1.82) is 0 Å². The summed E-state index contributed by atoms with van der Waals surface area (Å²) in [6, 6.07) is 0. The molecule has 1 heterocycles. The summed E-state index contributed by atoms with van der Waals surface area (Å²) in [6.45, 7) is 3.37. The van der Waals surface area contributed by atoms with Gasteiger partial charge in [0, 0.05) is 26.2 Å². The predicted molar refractivity (Wildman–Crippen MR) is 48.2 cm³/mol. The highest BCUT2D eigenvalue weighted by Gasteiger charge is 2.51. The van der Waals surface area contributed by atoms with Crippen LogP contribution in [0.25, 0.3) is 0 Å². The van der Waals surface area contributed by atoms with Crippen molar-refractivity contribution in [2.24, 2.45) is 5.41 Å². The highest BCUT2D eigenvalue weighted by Crippen LogP contribution is 2.46. The van der Waals surface area contributed by atoms with E-state index in [1.807, 2.05) is 4.90 Å². The van der Waals surface area contributed by atoms with Crippen LogP contribution in [0.15, 0.2) is 0 Å². The smallest absolute Gasteiger partial charge is 0.231 e. The molecule has 2 rings (SSSR count). The summed E-state index contributed by atoms with van der Waals surface area (Å²) in [6.07, 6.45) is 1.73. The second-order valence-electron chi connectivity index (χ2n) is 3.98. The average Bonchev–Trinajstić information content (AvgIpc) is 2.99. The van der Waals surface area contributed by atoms with Gasteiger partial charge in [-0.25, -0.2) is 0 Å². The number of hydrogen-bond donors (Lipinski definition) is 2. The van der Waals surface area contributed by atoms with E-state index in [4.69, 9.17) is 5.11 Å². The monoisotopic (exact) mass is 184 g/mol. The normalized spacial score (nSPS) is 25.8. The second kappa shape index (κ2) is 3.27. The van der Waals surface area contributed by atoms with E-state index in [1.165, 1.54) is 0 Å². The number of amides is 1. The fraction of sp³-hybridized carbons (Fsp3) is 0.889. The molecule has 4 heteroatoms. The number of nitrogens with zero attached hydrogens (tertiary/aromatic N) is 1. The fourth-order valence-corrected chi connectivity index (χ4v) is 1.79. The summed E-state index contributed by atoms with van der Waals surface area (Å²) in [5, 5.41) is 12.3. The van der Waals surface area contributed by atoms with Crippen LogP contribution >= 0.6 is 0 Å². The lowest BCUT2D eigenvalue weighted by molar-refractivity contribution is -0.139. The Morgan fingerprint density at radius 3 is 2.46 bits per heavy atom. The van der Waals surface area contributed by atoms with Gasteiger partial charge in [0.1, 0.15) is 0 Å². The fourth-order valence-electron chi connectivity index (χ4n) is 1.79. The molecule has 0 atom stereocenters. The Morgan fingerprint density at radius 2 is 2.00 bits per heavy atom. The first-order valence-electron chi connectivity index (χ1n) is 4.89. The summed E-state index contributed by atoms with van der Waals surface area (Å²) < 4.78 is 0. The number of nitrogens with one attached hydrogen (secondary N) is 1. The quantitative estimate of drug-likeness (QED) is 0.590. The molecule has 1 saturated carbocycles. The van der Waals surface area contributed by atoms with Crippen LogP contribution in [-0.4, -0.2) is 48.7 Å². The van der Waals surface area contributed by atoms with Crippen LogP contribution in [0, 0.1) is 5.41 Å². The van der Waals surface area contributed by atoms with E-state index in [9.17, 15) is 4.79 Å². The predicted octanol–water partition coefficient (Wildman–Crippen LogP) is -0.809. The van der Waals surface area contributed by atoms with E-state index in [0.29, 0.717) is 0 Å². The van der Waals surface area contributed by atoms with Gasteiger partial charge in [0.25, 0.3) is 0 Å². The Hall–Kier alpha value is -0.610. The molecule has 1 aliphatic carbocycles. The van der Waals surface area contributed by atoms with Gasteiger partial charge in [0.05, 0.1) is 12.0 Å². The molecule has 0 spiro atoms. The minimum Gasteiger partial charge on any atom is -0.395 e. The van der Waals surface area contributed by atoms with Crippen molar-refractivity contribution in [2.75, 3.05) is 32.8 Å². The molecular formula is C9H16N2O2. The standard InChI is InChI=1S/C9H16N2O2/c12-7-9(1-2-9)8(13)11-5-3-10-4-6-11/h10,12H,1-7H2. The Kier molecular flexibility index (Phi) is 2.26. The first-order chi connectivity index (χ1) is 6.28. The average molecular weight is 184 g/mol. The lowest BCUT2D eigenvalue weighted by atomic mass is 10.1. The van der Waals surface area contributed by atoms with Gasteiger partial charge < -0.3 is 15.3 Å². The molecule has 0 aromatic heterocycles. The van der Waals surface area contributed by atoms with Crippen molar-refractivity contribution in [3.8, 4) is 0 Å². The van der Waals surface area contributed by atoms with Crippen molar-refractivity contribution in [2.45, 2.75) is 12.8 Å². The van der Waals surface area contributed by atoms with Crippen molar-refractivity contribution >= 4 is 5.91 Å². The van der Waals surface area contributed by atoms with Crippen LogP contribution < -0.4 is 5.32 Å². The summed E-state index contributed by atoms with van der Waals surface area (Å²) in [5.74, 6) is 0.163. The van der Waals surface area contributed by atoms with Gasteiger partial charge in [-0.05, 0) is 12.8 Å². The van der Waals surface area contributed by atoms with E-state index in [0.717, 1.165) is 39.0 Å². The van der Waals surface area contributed by atoms with E-state index < -0.39 is 0 Å². The molecule has 0 bridgehead atoms. The molecule has 2 fully saturated rings. The first-order valence-corrected chi connectivity index (χ1v) is 4.89. The molecule has 2 aliphatic rings. The molecule has 0 aromatic carbocycles. The number of carbonyl (C=O) groups is 1. The maximum atomic E-state index is 11.9. The van der Waals surface area contributed by atoms with E-state index in [-0.39, 0.29) is 17.9 Å². The van der Waals surface area contributed by atoms with Gasteiger partial charge in [-0.15, -0.1) is 0 Å². The van der Waals surface area contributed by atoms with Crippen LogP contribution in [-0.2, 0) is 4.79 Å². The van der Waals surface area contributed by atoms with Crippen LogP contribution in [0.4, 0.5) is 0 Å². The van der Waals surface area contributed by atoms with Crippen molar-refractivity contribution in [1.82, 2.24) is 10.2 Å². The number of rotatable bonds is 2. The SMILES string of the molecule is O=C(N1CCNCC1)C1(CO)CC1. The Balaban J connectivity index is 1.95. The zero-order valence-electron chi connectivity index (χ0n) is 7.75. The highest BCUT2D eigenvalue weighted by molar-refractivity contribution is 5.85. The van der Waals surface area contributed by atoms with E-state index in [2.05, 4.69) is 5.32 Å². The van der Waals surface area contributed by atoms with Gasteiger partial charge >= 0.3 is 0 Å². The van der Waals surface area contributed by atoms with Gasteiger partial charge in [-0.3, -0.25) is 4.79 Å². The molecule has 1 aliphatic heterocycles. The molecule has 74 valence electrons. The maximum absolute atomic E-state index is 11.9. The van der Waals surface area contributed by atoms with Gasteiger partial charge in [0.2, 0.25) is 5.91 Å². The second-order valence-corrected chi connectivity index (χ2v) is 3.98.